The number of rotatable bonds is 5. The lowest BCUT2D eigenvalue weighted by molar-refractivity contribution is -0.360. The van der Waals surface area contributed by atoms with Crippen LogP contribution < -0.4 is 0 Å². The highest BCUT2D eigenvalue weighted by molar-refractivity contribution is 6.02. The lowest BCUT2D eigenvalue weighted by Crippen LogP contribution is -2.64. The Morgan fingerprint density at radius 2 is 1.53 bits per heavy atom. The third kappa shape index (κ3) is 4.95. The van der Waals surface area contributed by atoms with E-state index in [1.165, 1.54) is 6.92 Å². The van der Waals surface area contributed by atoms with E-state index < -0.39 is 101 Å². The molecule has 13 heteroatoms. The Bertz CT molecular complexity index is 1390. The molecule has 0 aromatic carbocycles. The number of Topliss-reactive ketones (excluding diaryl/α,β-unsaturated/α-hetero) is 3. The molecule has 0 radical (unpaired) electrons. The second-order valence-corrected chi connectivity index (χ2v) is 15.8. The van der Waals surface area contributed by atoms with Gasteiger partial charge in [-0.1, -0.05) is 32.4 Å². The highest BCUT2D eigenvalue weighted by atomic mass is 16.8. The Hall–Kier alpha value is -2.07. The van der Waals surface area contributed by atoms with Gasteiger partial charge in [-0.3, -0.25) is 14.4 Å². The molecular weight excluding hydrogens is 616 g/mol. The number of fused-ring (bicyclic) bond motifs is 5. The summed E-state index contributed by atoms with van der Waals surface area (Å²) in [5.74, 6) is -1.19. The molecule has 4 fully saturated rings. The number of hydrogen-bond acceptors (Lipinski definition) is 13. The number of carbonyl (C=O) groups is 3. The number of allylic oxidation sites excluding steroid dienone is 4. The summed E-state index contributed by atoms with van der Waals surface area (Å²) in [7, 11) is 0. The summed E-state index contributed by atoms with van der Waals surface area (Å²) < 4.78 is 23.4. The average Bonchev–Trinajstić information content (AvgIpc) is 3.24. The summed E-state index contributed by atoms with van der Waals surface area (Å²) in [6, 6.07) is 0. The van der Waals surface area contributed by atoms with Crippen LogP contribution in [-0.2, 0) is 33.3 Å². The second-order valence-electron chi connectivity index (χ2n) is 15.8. The zero-order valence-electron chi connectivity index (χ0n) is 27.7. The Morgan fingerprint density at radius 3 is 2.19 bits per heavy atom. The van der Waals surface area contributed by atoms with Crippen molar-refractivity contribution in [2.24, 2.45) is 33.5 Å². The largest absolute Gasteiger partial charge is 0.459 e. The van der Waals surface area contributed by atoms with E-state index in [1.54, 1.807) is 19.9 Å². The van der Waals surface area contributed by atoms with Crippen LogP contribution >= 0.6 is 0 Å². The quantitative estimate of drug-likeness (QED) is 0.215. The molecular formula is C34H48O13. The molecule has 0 amide bonds. The minimum Gasteiger partial charge on any atom is -0.459 e. The van der Waals surface area contributed by atoms with Gasteiger partial charge >= 0.3 is 0 Å². The molecule has 6 N–H and O–H groups in total. The maximum absolute atomic E-state index is 14.2. The zero-order chi connectivity index (χ0) is 34.6. The van der Waals surface area contributed by atoms with Crippen LogP contribution in [0.3, 0.4) is 0 Å². The van der Waals surface area contributed by atoms with E-state index >= 15 is 0 Å². The summed E-state index contributed by atoms with van der Waals surface area (Å²) in [6.45, 7) is 10.3. The van der Waals surface area contributed by atoms with Gasteiger partial charge in [0.1, 0.15) is 48.2 Å². The lowest BCUT2D eigenvalue weighted by Gasteiger charge is -2.62. The van der Waals surface area contributed by atoms with Crippen LogP contribution in [0, 0.1) is 33.5 Å². The van der Waals surface area contributed by atoms with E-state index in [4.69, 9.17) is 18.9 Å². The molecule has 2 aliphatic heterocycles. The number of aliphatic hydroxyl groups is 6. The Labute approximate surface area is 273 Å². The minimum atomic E-state index is -1.77. The van der Waals surface area contributed by atoms with Crippen LogP contribution in [0.25, 0.3) is 0 Å². The molecule has 0 bridgehead atoms. The van der Waals surface area contributed by atoms with Crippen LogP contribution in [0.15, 0.2) is 23.5 Å². The van der Waals surface area contributed by atoms with Crippen LogP contribution in [0.2, 0.25) is 0 Å². The first-order valence-corrected chi connectivity index (χ1v) is 16.5. The first kappa shape index (κ1) is 34.8. The molecule has 2 saturated heterocycles. The van der Waals surface area contributed by atoms with Crippen LogP contribution in [0.4, 0.5) is 0 Å². The van der Waals surface area contributed by atoms with Crippen molar-refractivity contribution in [2.45, 2.75) is 129 Å². The van der Waals surface area contributed by atoms with Crippen molar-refractivity contribution in [2.75, 3.05) is 6.61 Å². The number of hydrogen-bond donors (Lipinski definition) is 6. The maximum atomic E-state index is 14.2. The topological polar surface area (TPSA) is 210 Å². The number of ketones is 3. The van der Waals surface area contributed by atoms with E-state index in [0.717, 1.165) is 5.57 Å². The average molecular weight is 665 g/mol. The smallest absolute Gasteiger partial charge is 0.229 e. The van der Waals surface area contributed by atoms with Crippen molar-refractivity contribution in [3.05, 3.63) is 23.5 Å². The number of aliphatic hydroxyl groups excluding tert-OH is 6. The molecule has 2 saturated carbocycles. The molecule has 15 atom stereocenters. The molecule has 4 aliphatic carbocycles. The monoisotopic (exact) mass is 664 g/mol. The highest BCUT2D eigenvalue weighted by Gasteiger charge is 2.69. The van der Waals surface area contributed by atoms with Crippen molar-refractivity contribution < 1.29 is 64.0 Å². The Morgan fingerprint density at radius 1 is 0.851 bits per heavy atom. The van der Waals surface area contributed by atoms with Gasteiger partial charge in [-0.2, -0.15) is 0 Å². The molecule has 2 heterocycles. The summed E-state index contributed by atoms with van der Waals surface area (Å²) in [5, 5.41) is 62.7. The van der Waals surface area contributed by atoms with Gasteiger partial charge in [-0.15, -0.1) is 0 Å². The molecule has 6 aliphatic rings. The van der Waals surface area contributed by atoms with E-state index in [-0.39, 0.29) is 29.7 Å². The fourth-order valence-corrected chi connectivity index (χ4v) is 9.49. The first-order chi connectivity index (χ1) is 21.8. The predicted octanol–water partition coefficient (Wildman–Crippen LogP) is 0.0646. The van der Waals surface area contributed by atoms with Crippen LogP contribution in [0.1, 0.15) is 67.2 Å². The van der Waals surface area contributed by atoms with Crippen molar-refractivity contribution in [1.82, 2.24) is 0 Å². The van der Waals surface area contributed by atoms with Gasteiger partial charge in [0, 0.05) is 30.6 Å². The normalized spacial score (nSPS) is 51.0. The van der Waals surface area contributed by atoms with Gasteiger partial charge in [-0.05, 0) is 50.0 Å². The van der Waals surface area contributed by atoms with Crippen molar-refractivity contribution in [3.8, 4) is 0 Å². The third-order valence-corrected chi connectivity index (χ3v) is 12.7. The highest BCUT2D eigenvalue weighted by Crippen LogP contribution is 2.70. The standard InChI is InChI=1S/C34H48O13/c1-14-22(38)24(40)26(42)29(44-14)47-27-25(41)23(39)19(13-35)46-30(27)45-18-9-17-16(31(2,3)28(18)43)7-8-20-33(5)11-15(36)10-32(33,4)12-21(37)34(17,20)6/h7,9,14,17,19-20,22-27,29-30,35,38-42H,8,10-13H2,1-6H3/t14-,17-,19-,20+,22-,23-,24+,25+,26+,27-,29-,30-,32+,33+,34+/m1/s1. The van der Waals surface area contributed by atoms with Gasteiger partial charge in [0.05, 0.1) is 18.1 Å². The molecule has 13 nitrogen and oxygen atoms in total. The minimum absolute atomic E-state index is 0.0147. The van der Waals surface area contributed by atoms with Gasteiger partial charge in [0.15, 0.2) is 18.2 Å². The van der Waals surface area contributed by atoms with Crippen molar-refractivity contribution in [3.63, 3.8) is 0 Å². The molecule has 0 spiro atoms. The Balaban J connectivity index is 1.37. The molecule has 0 aromatic rings. The molecule has 0 unspecified atom stereocenters. The number of carbonyl (C=O) groups excluding carboxylic acids is 3. The fraction of sp³-hybridized carbons (Fsp3) is 0.794. The van der Waals surface area contributed by atoms with E-state index in [0.29, 0.717) is 19.3 Å². The third-order valence-electron chi connectivity index (χ3n) is 12.7. The van der Waals surface area contributed by atoms with Gasteiger partial charge < -0.3 is 49.6 Å². The summed E-state index contributed by atoms with van der Waals surface area (Å²) in [6.07, 6.45) is -10.3. The fourth-order valence-electron chi connectivity index (χ4n) is 9.49. The summed E-state index contributed by atoms with van der Waals surface area (Å²) in [5.41, 5.74) is -2.21. The van der Waals surface area contributed by atoms with Crippen LogP contribution in [0.5, 0.6) is 0 Å². The molecule has 0 aromatic heterocycles. The molecule has 47 heavy (non-hydrogen) atoms. The van der Waals surface area contributed by atoms with Gasteiger partial charge in [0.25, 0.3) is 0 Å². The molecule has 262 valence electrons. The second kappa shape index (κ2) is 11.5. The van der Waals surface area contributed by atoms with Gasteiger partial charge in [0.2, 0.25) is 12.1 Å². The predicted molar refractivity (Wildman–Crippen MR) is 161 cm³/mol. The van der Waals surface area contributed by atoms with Crippen molar-refractivity contribution >= 4 is 17.3 Å². The Kier molecular flexibility index (Phi) is 8.51. The van der Waals surface area contributed by atoms with E-state index in [1.807, 2.05) is 19.9 Å². The maximum Gasteiger partial charge on any atom is 0.229 e. The summed E-state index contributed by atoms with van der Waals surface area (Å²) in [4.78, 5) is 41.1. The van der Waals surface area contributed by atoms with E-state index in [2.05, 4.69) is 6.92 Å². The number of ether oxygens (including phenoxy) is 4. The van der Waals surface area contributed by atoms with E-state index in [9.17, 15) is 45.0 Å². The molecule has 6 rings (SSSR count). The zero-order valence-corrected chi connectivity index (χ0v) is 27.7. The summed E-state index contributed by atoms with van der Waals surface area (Å²) >= 11 is 0. The van der Waals surface area contributed by atoms with Crippen LogP contribution in [-0.4, -0.2) is 116 Å². The van der Waals surface area contributed by atoms with Gasteiger partial charge in [-0.25, -0.2) is 0 Å². The van der Waals surface area contributed by atoms with Crippen molar-refractivity contribution in [1.29, 1.82) is 0 Å². The lowest BCUT2D eigenvalue weighted by atomic mass is 9.40. The first-order valence-electron chi connectivity index (χ1n) is 16.5. The SMILES string of the molecule is C[C@H]1O[C@H](O[C@H]2[C@H](OC3=C[C@@H]4C(=CC[C@@H]5[C@@]4(C)C(=O)C[C@]4(C)CC(=O)C[C@@]54C)C(C)(C)C3=O)O[C@H](CO)[C@@H](O)[C@@H]2O)[C@@H](O)[C@@H](O)[C@@H]1O.